The number of carbonyl (C=O) groups is 1. The van der Waals surface area contributed by atoms with Crippen molar-refractivity contribution in [2.75, 3.05) is 31.4 Å². The molecule has 168 valence electrons. The summed E-state index contributed by atoms with van der Waals surface area (Å²) in [7, 11) is -0.0294. The lowest BCUT2D eigenvalue weighted by molar-refractivity contribution is 0.102. The number of sulfonamides is 1. The third kappa shape index (κ3) is 4.92. The van der Waals surface area contributed by atoms with E-state index in [9.17, 15) is 17.6 Å². The van der Waals surface area contributed by atoms with Crippen LogP contribution in [0.15, 0.2) is 65.6 Å². The Labute approximate surface area is 185 Å². The molecular formula is C22H21FN2O6S. The summed E-state index contributed by atoms with van der Waals surface area (Å²) in [6.45, 7) is 0. The van der Waals surface area contributed by atoms with Crippen molar-refractivity contribution in [1.29, 1.82) is 0 Å². The third-order valence-electron chi connectivity index (χ3n) is 4.48. The van der Waals surface area contributed by atoms with Crippen LogP contribution in [0.5, 0.6) is 17.2 Å². The molecule has 0 spiro atoms. The lowest BCUT2D eigenvalue weighted by Crippen LogP contribution is -2.18. The fourth-order valence-electron chi connectivity index (χ4n) is 2.90. The molecule has 3 aromatic rings. The summed E-state index contributed by atoms with van der Waals surface area (Å²) in [5.74, 6) is -0.503. The van der Waals surface area contributed by atoms with Gasteiger partial charge in [-0.1, -0.05) is 12.1 Å². The molecule has 0 bridgehead atoms. The molecule has 0 radical (unpaired) electrons. The number of amides is 1. The summed E-state index contributed by atoms with van der Waals surface area (Å²) >= 11 is 0. The first-order valence-electron chi connectivity index (χ1n) is 9.28. The number of anilines is 2. The minimum absolute atomic E-state index is 0.0541. The van der Waals surface area contributed by atoms with Crippen molar-refractivity contribution in [2.24, 2.45) is 0 Å². The normalized spacial score (nSPS) is 10.9. The van der Waals surface area contributed by atoms with Crippen LogP contribution >= 0.6 is 0 Å². The molecule has 0 saturated carbocycles. The van der Waals surface area contributed by atoms with Crippen molar-refractivity contribution < 1.29 is 31.8 Å². The van der Waals surface area contributed by atoms with E-state index in [0.717, 1.165) is 12.1 Å². The minimum atomic E-state index is -4.35. The average molecular weight is 460 g/mol. The van der Waals surface area contributed by atoms with Crippen molar-refractivity contribution in [3.8, 4) is 17.2 Å². The van der Waals surface area contributed by atoms with Gasteiger partial charge in [-0.2, -0.15) is 0 Å². The fourth-order valence-corrected chi connectivity index (χ4v) is 4.07. The first kappa shape index (κ1) is 22.9. The van der Waals surface area contributed by atoms with Gasteiger partial charge in [0.05, 0.1) is 27.0 Å². The monoisotopic (exact) mass is 460 g/mol. The molecule has 0 aliphatic heterocycles. The van der Waals surface area contributed by atoms with Crippen molar-refractivity contribution in [3.63, 3.8) is 0 Å². The molecule has 0 fully saturated rings. The Morgan fingerprint density at radius 2 is 1.53 bits per heavy atom. The van der Waals surface area contributed by atoms with Gasteiger partial charge in [-0.25, -0.2) is 12.8 Å². The Morgan fingerprint density at radius 1 is 0.844 bits per heavy atom. The van der Waals surface area contributed by atoms with Gasteiger partial charge in [0.1, 0.15) is 16.5 Å². The van der Waals surface area contributed by atoms with E-state index < -0.39 is 26.6 Å². The molecule has 0 saturated heterocycles. The number of hydrogen-bond acceptors (Lipinski definition) is 6. The molecule has 0 aliphatic rings. The Balaban J connectivity index is 1.88. The number of para-hydroxylation sites is 2. The molecule has 0 unspecified atom stereocenters. The van der Waals surface area contributed by atoms with Crippen molar-refractivity contribution >= 4 is 27.3 Å². The lowest BCUT2D eigenvalue weighted by Gasteiger charge is -2.13. The summed E-state index contributed by atoms with van der Waals surface area (Å²) in [5.41, 5.74) is 0.463. The molecular weight excluding hydrogens is 439 g/mol. The third-order valence-corrected chi connectivity index (χ3v) is 5.86. The van der Waals surface area contributed by atoms with Gasteiger partial charge in [-0.3, -0.25) is 9.52 Å². The standard InChI is InChI=1S/C22H21FN2O6S/c1-29-18-7-5-4-6-17(18)25-32(27,28)21-12-14(8-10-16(21)23)22(26)24-15-9-11-19(30-2)20(13-15)31-3/h4-13,25H,1-3H3,(H,24,26). The first-order chi connectivity index (χ1) is 15.3. The second-order valence-corrected chi connectivity index (χ2v) is 8.13. The smallest absolute Gasteiger partial charge is 0.264 e. The zero-order valence-corrected chi connectivity index (χ0v) is 18.3. The van der Waals surface area contributed by atoms with E-state index in [1.807, 2.05) is 0 Å². The molecule has 0 aliphatic carbocycles. The Morgan fingerprint density at radius 3 is 2.22 bits per heavy atom. The lowest BCUT2D eigenvalue weighted by atomic mass is 10.2. The van der Waals surface area contributed by atoms with Gasteiger partial charge in [0.15, 0.2) is 11.5 Å². The minimum Gasteiger partial charge on any atom is -0.495 e. The fraction of sp³-hybridized carbons (Fsp3) is 0.136. The SMILES string of the molecule is COc1ccccc1NS(=O)(=O)c1cc(C(=O)Nc2ccc(OC)c(OC)c2)ccc1F. The van der Waals surface area contributed by atoms with Gasteiger partial charge in [0.2, 0.25) is 0 Å². The van der Waals surface area contributed by atoms with Crippen LogP contribution < -0.4 is 24.2 Å². The number of nitrogens with one attached hydrogen (secondary N) is 2. The Bertz CT molecular complexity index is 1250. The summed E-state index contributed by atoms with van der Waals surface area (Å²) in [5, 5.41) is 2.62. The Kier molecular flexibility index (Phi) is 6.84. The summed E-state index contributed by atoms with van der Waals surface area (Å²) in [6, 6.07) is 14.1. The molecule has 8 nitrogen and oxygen atoms in total. The maximum absolute atomic E-state index is 14.4. The van der Waals surface area contributed by atoms with Gasteiger partial charge in [-0.05, 0) is 42.5 Å². The van der Waals surface area contributed by atoms with Crippen molar-refractivity contribution in [1.82, 2.24) is 0 Å². The van der Waals surface area contributed by atoms with Crippen LogP contribution in [0.3, 0.4) is 0 Å². The van der Waals surface area contributed by atoms with Gasteiger partial charge < -0.3 is 19.5 Å². The molecule has 0 aromatic heterocycles. The van der Waals surface area contributed by atoms with Crippen molar-refractivity contribution in [2.45, 2.75) is 4.90 Å². The van der Waals surface area contributed by atoms with Crippen LogP contribution in [0.25, 0.3) is 0 Å². The number of hydrogen-bond donors (Lipinski definition) is 2. The van der Waals surface area contributed by atoms with Crippen LogP contribution in [-0.4, -0.2) is 35.7 Å². The highest BCUT2D eigenvalue weighted by Gasteiger charge is 2.23. The first-order valence-corrected chi connectivity index (χ1v) is 10.8. The highest BCUT2D eigenvalue weighted by molar-refractivity contribution is 7.92. The number of rotatable bonds is 8. The topological polar surface area (TPSA) is 103 Å². The van der Waals surface area contributed by atoms with Crippen LogP contribution in [0.2, 0.25) is 0 Å². The van der Waals surface area contributed by atoms with Crippen LogP contribution in [0, 0.1) is 5.82 Å². The maximum atomic E-state index is 14.4. The maximum Gasteiger partial charge on any atom is 0.264 e. The number of methoxy groups -OCH3 is 3. The molecule has 1 amide bonds. The molecule has 3 rings (SSSR count). The molecule has 3 aromatic carbocycles. The van der Waals surface area contributed by atoms with Gasteiger partial charge >= 0.3 is 0 Å². The molecule has 0 atom stereocenters. The predicted molar refractivity (Wildman–Crippen MR) is 118 cm³/mol. The summed E-state index contributed by atoms with van der Waals surface area (Å²) in [4.78, 5) is 12.0. The van der Waals surface area contributed by atoms with E-state index >= 15 is 0 Å². The van der Waals surface area contributed by atoms with Crippen LogP contribution in [-0.2, 0) is 10.0 Å². The van der Waals surface area contributed by atoms with Crippen LogP contribution in [0.1, 0.15) is 10.4 Å². The van der Waals surface area contributed by atoms with Gasteiger partial charge in [-0.15, -0.1) is 0 Å². The number of carbonyl (C=O) groups excluding carboxylic acids is 1. The van der Waals surface area contributed by atoms with Crippen molar-refractivity contribution in [3.05, 3.63) is 72.0 Å². The Hall–Kier alpha value is -3.79. The quantitative estimate of drug-likeness (QED) is 0.529. The van der Waals surface area contributed by atoms with E-state index in [4.69, 9.17) is 14.2 Å². The van der Waals surface area contributed by atoms with E-state index in [-0.39, 0.29) is 17.0 Å². The van der Waals surface area contributed by atoms with Gasteiger partial charge in [0.25, 0.3) is 15.9 Å². The highest BCUT2D eigenvalue weighted by atomic mass is 32.2. The summed E-state index contributed by atoms with van der Waals surface area (Å²) < 4.78 is 57.8. The number of halogens is 1. The van der Waals surface area contributed by atoms with E-state index in [0.29, 0.717) is 17.2 Å². The molecule has 10 heteroatoms. The number of ether oxygens (including phenoxy) is 3. The second kappa shape index (κ2) is 9.56. The summed E-state index contributed by atoms with van der Waals surface area (Å²) in [6.07, 6.45) is 0. The molecule has 2 N–H and O–H groups in total. The van der Waals surface area contributed by atoms with E-state index in [1.165, 1.54) is 33.5 Å². The molecule has 0 heterocycles. The zero-order chi connectivity index (χ0) is 23.3. The average Bonchev–Trinajstić information content (AvgIpc) is 2.79. The largest absolute Gasteiger partial charge is 0.495 e. The highest BCUT2D eigenvalue weighted by Crippen LogP contribution is 2.30. The number of benzene rings is 3. The van der Waals surface area contributed by atoms with E-state index in [2.05, 4.69) is 10.0 Å². The predicted octanol–water partition coefficient (Wildman–Crippen LogP) is 3.90. The van der Waals surface area contributed by atoms with E-state index in [1.54, 1.807) is 36.4 Å². The van der Waals surface area contributed by atoms with Crippen LogP contribution in [0.4, 0.5) is 15.8 Å². The zero-order valence-electron chi connectivity index (χ0n) is 17.5. The second-order valence-electron chi connectivity index (χ2n) is 6.47. The van der Waals surface area contributed by atoms with Gasteiger partial charge in [0, 0.05) is 17.3 Å². The molecule has 32 heavy (non-hydrogen) atoms.